The molecule has 2 fully saturated rings. The number of nitrogens with one attached hydrogen (secondary N) is 3. The van der Waals surface area contributed by atoms with Crippen LogP contribution in [0.3, 0.4) is 0 Å². The molecule has 266 valence electrons. The van der Waals surface area contributed by atoms with E-state index >= 15 is 0 Å². The molecule has 6 heterocycles. The van der Waals surface area contributed by atoms with E-state index in [0.717, 1.165) is 71.0 Å². The van der Waals surface area contributed by atoms with Crippen LogP contribution in [0.4, 0.5) is 23.0 Å². The zero-order valence-corrected chi connectivity index (χ0v) is 30.7. The molecule has 13 nitrogen and oxygen atoms in total. The summed E-state index contributed by atoms with van der Waals surface area (Å²) in [4.78, 5) is 34.1. The van der Waals surface area contributed by atoms with Crippen molar-refractivity contribution in [2.75, 3.05) is 56.8 Å². The quantitative estimate of drug-likeness (QED) is 0.151. The fourth-order valence-corrected chi connectivity index (χ4v) is 6.74. The molecule has 0 amide bonds. The van der Waals surface area contributed by atoms with Crippen LogP contribution < -0.4 is 20.9 Å². The van der Waals surface area contributed by atoms with E-state index in [-0.39, 0.29) is 12.1 Å². The molecule has 4 aromatic heterocycles. The van der Waals surface area contributed by atoms with Crippen LogP contribution in [0.1, 0.15) is 65.8 Å². The average molecular weight is 697 g/mol. The molecule has 0 bridgehead atoms. The first-order chi connectivity index (χ1) is 25.1. The second-order valence-electron chi connectivity index (χ2n) is 13.5. The van der Waals surface area contributed by atoms with Gasteiger partial charge in [-0.25, -0.2) is 9.97 Å². The number of carbonyl (C=O) groups is 2. The number of hydrogen-bond donors (Lipinski definition) is 3. The number of hydrogen-bond acceptors (Lipinski definition) is 11. The van der Waals surface area contributed by atoms with Gasteiger partial charge in [0.2, 0.25) is 0 Å². The summed E-state index contributed by atoms with van der Waals surface area (Å²) in [6.45, 7) is 5.38. The number of aromatic nitrogens is 6. The molecular weight excluding hydrogens is 652 g/mol. The number of fused-ring (bicyclic) bond motifs is 4. The summed E-state index contributed by atoms with van der Waals surface area (Å²) in [5, 5.41) is 17.9. The van der Waals surface area contributed by atoms with Gasteiger partial charge in [-0.3, -0.25) is 9.48 Å². The molecule has 1 saturated heterocycles. The topological polar surface area (TPSA) is 138 Å². The predicted octanol–water partition coefficient (Wildman–Crippen LogP) is 4.23. The van der Waals surface area contributed by atoms with Crippen LogP contribution in [0.15, 0.2) is 54.7 Å². The van der Waals surface area contributed by atoms with Crippen molar-refractivity contribution in [3.8, 4) is 11.1 Å². The number of pyridine rings is 1. The first kappa shape index (κ1) is 36.8. The third kappa shape index (κ3) is 7.07. The standard InChI is InChI=1S/C31H32B2N10O.C4H6O.C2H7N/c1-5-24-30-22(14-35-42(30)20-15-41(16-20)31(32,33)25-11-6-8-19(17-44)36-25)21-9-7-10-23(29(21)40(24)4)37-28-13-26(34-3)38-27-12-18(2)39-43(27)28;5-3-4-1-2-4;1-3-2/h6-14,17,20,24,37H,5,15-16H2,1-4H3,(H,34,38);3-4H,1-2H2;3H,1-2H3. The molecule has 0 spiro atoms. The van der Waals surface area contributed by atoms with Crippen LogP contribution in [0, 0.1) is 12.8 Å². The Labute approximate surface area is 307 Å². The van der Waals surface area contributed by atoms with E-state index in [2.05, 4.69) is 72.8 Å². The number of para-hydroxylation sites is 1. The largest absolute Gasteiger partial charge is 0.373 e. The van der Waals surface area contributed by atoms with Gasteiger partial charge in [0, 0.05) is 62.1 Å². The van der Waals surface area contributed by atoms with E-state index < -0.39 is 5.34 Å². The smallest absolute Gasteiger partial charge is 0.168 e. The van der Waals surface area contributed by atoms with Crippen molar-refractivity contribution < 1.29 is 9.59 Å². The number of rotatable bonds is 9. The Morgan fingerprint density at radius 2 is 1.73 bits per heavy atom. The number of likely N-dealkylation sites (tertiary alicyclic amines) is 1. The fraction of sp³-hybridized carbons (Fsp3) is 0.405. The van der Waals surface area contributed by atoms with Gasteiger partial charge in [-0.1, -0.05) is 25.1 Å². The Morgan fingerprint density at radius 3 is 2.37 bits per heavy atom. The zero-order valence-electron chi connectivity index (χ0n) is 30.7. The minimum absolute atomic E-state index is 0.0953. The highest BCUT2D eigenvalue weighted by Gasteiger charge is 2.42. The molecule has 1 aromatic carbocycles. The molecule has 4 radical (unpaired) electrons. The second-order valence-corrected chi connectivity index (χ2v) is 13.5. The van der Waals surface area contributed by atoms with E-state index in [1.54, 1.807) is 18.2 Å². The van der Waals surface area contributed by atoms with Crippen LogP contribution in [0.5, 0.6) is 0 Å². The van der Waals surface area contributed by atoms with E-state index in [0.29, 0.717) is 36.7 Å². The Balaban J connectivity index is 0.000000521. The lowest BCUT2D eigenvalue weighted by molar-refractivity contribution is -0.108. The van der Waals surface area contributed by atoms with E-state index in [1.165, 1.54) is 5.69 Å². The predicted molar refractivity (Wildman–Crippen MR) is 207 cm³/mol. The van der Waals surface area contributed by atoms with Crippen molar-refractivity contribution >= 4 is 56.9 Å². The van der Waals surface area contributed by atoms with Crippen molar-refractivity contribution in [1.82, 2.24) is 39.6 Å². The van der Waals surface area contributed by atoms with Crippen molar-refractivity contribution in [1.29, 1.82) is 0 Å². The van der Waals surface area contributed by atoms with Crippen LogP contribution in [0.2, 0.25) is 0 Å². The van der Waals surface area contributed by atoms with Crippen LogP contribution in [-0.2, 0) is 10.1 Å². The van der Waals surface area contributed by atoms with Gasteiger partial charge in [0.15, 0.2) is 11.9 Å². The fourth-order valence-electron chi connectivity index (χ4n) is 6.74. The summed E-state index contributed by atoms with van der Waals surface area (Å²) >= 11 is 0. The lowest BCUT2D eigenvalue weighted by Gasteiger charge is -2.50. The van der Waals surface area contributed by atoms with Gasteiger partial charge < -0.3 is 30.5 Å². The minimum Gasteiger partial charge on any atom is -0.373 e. The van der Waals surface area contributed by atoms with Crippen molar-refractivity contribution in [2.45, 2.75) is 50.5 Å². The maximum atomic E-state index is 11.3. The summed E-state index contributed by atoms with van der Waals surface area (Å²) in [6.07, 6.45) is 6.88. The molecule has 5 aromatic rings. The van der Waals surface area contributed by atoms with E-state index in [9.17, 15) is 9.59 Å². The van der Waals surface area contributed by atoms with Crippen LogP contribution in [-0.4, -0.2) is 104 Å². The van der Waals surface area contributed by atoms with Gasteiger partial charge in [0.25, 0.3) is 0 Å². The molecule has 2 aliphatic heterocycles. The van der Waals surface area contributed by atoms with Crippen LogP contribution >= 0.6 is 0 Å². The SMILES string of the molecule is CNC.O=CC1CC1.[B]C([B])(c1cccc(C=O)n1)N1CC(n2ncc3c2C(CC)N(C)c2c(Nc4cc(NC)nc5cc(C)nn45)cccc2-3)C1. The Bertz CT molecular complexity index is 2050. The summed E-state index contributed by atoms with van der Waals surface area (Å²) in [7, 11) is 20.9. The van der Waals surface area contributed by atoms with E-state index in [4.69, 9.17) is 20.8 Å². The second kappa shape index (κ2) is 15.3. The molecule has 8 rings (SSSR count). The van der Waals surface area contributed by atoms with Crippen molar-refractivity contribution in [2.24, 2.45) is 5.92 Å². The molecule has 3 N–H and O–H groups in total. The number of nitrogens with zero attached hydrogens (tertiary/aromatic N) is 8. The number of carbonyl (C=O) groups excluding carboxylic acids is 2. The molecule has 52 heavy (non-hydrogen) atoms. The summed E-state index contributed by atoms with van der Waals surface area (Å²) in [5.74, 6) is 2.03. The van der Waals surface area contributed by atoms with Crippen molar-refractivity contribution in [3.05, 3.63) is 77.5 Å². The summed E-state index contributed by atoms with van der Waals surface area (Å²) in [5.41, 5.74) is 7.90. The third-order valence-corrected chi connectivity index (χ3v) is 9.60. The number of aryl methyl sites for hydroxylation is 1. The third-order valence-electron chi connectivity index (χ3n) is 9.60. The van der Waals surface area contributed by atoms with Gasteiger partial charge in [-0.15, -0.1) is 0 Å². The highest BCUT2D eigenvalue weighted by molar-refractivity contribution is 6.39. The highest BCUT2D eigenvalue weighted by Crippen LogP contribution is 2.50. The Kier molecular flexibility index (Phi) is 10.8. The molecule has 1 aliphatic carbocycles. The molecule has 1 atom stereocenters. The Morgan fingerprint density at radius 1 is 1.00 bits per heavy atom. The number of benzene rings is 1. The average Bonchev–Trinajstić information content (AvgIpc) is 3.76. The maximum absolute atomic E-state index is 11.3. The summed E-state index contributed by atoms with van der Waals surface area (Å²) < 4.78 is 3.98. The molecular formula is C37H45B2N11O2. The maximum Gasteiger partial charge on any atom is 0.168 e. The normalized spacial score (nSPS) is 16.7. The molecule has 1 saturated carbocycles. The van der Waals surface area contributed by atoms with Gasteiger partial charge >= 0.3 is 0 Å². The van der Waals surface area contributed by atoms with Gasteiger partial charge in [0.05, 0.1) is 56.7 Å². The number of anilines is 4. The monoisotopic (exact) mass is 697 g/mol. The molecule has 1 unspecified atom stereocenters. The minimum atomic E-state index is -1.30. The lowest BCUT2D eigenvalue weighted by Crippen LogP contribution is -2.60. The molecule has 15 heteroatoms. The Hall–Kier alpha value is -5.01. The zero-order chi connectivity index (χ0) is 37.2. The van der Waals surface area contributed by atoms with Gasteiger partial charge in [0.1, 0.15) is 23.6 Å². The summed E-state index contributed by atoms with van der Waals surface area (Å²) in [6, 6.07) is 15.6. The van der Waals surface area contributed by atoms with Gasteiger partial charge in [-0.05, 0) is 63.8 Å². The van der Waals surface area contributed by atoms with Crippen LogP contribution in [0.25, 0.3) is 16.8 Å². The van der Waals surface area contributed by atoms with Gasteiger partial charge in [-0.2, -0.15) is 14.7 Å². The highest BCUT2D eigenvalue weighted by atomic mass is 16.1. The lowest BCUT2D eigenvalue weighted by atomic mass is 9.57. The van der Waals surface area contributed by atoms with Crippen molar-refractivity contribution in [3.63, 3.8) is 0 Å². The first-order valence-electron chi connectivity index (χ1n) is 17.6. The first-order valence-corrected chi connectivity index (χ1v) is 17.6. The van der Waals surface area contributed by atoms with E-state index in [1.807, 2.05) is 55.8 Å². The number of aldehydes is 2. The molecule has 3 aliphatic rings.